The molecule has 0 saturated carbocycles. The monoisotopic (exact) mass is 449 g/mol. The number of aromatic nitrogens is 2. The molecule has 0 saturated heterocycles. The Labute approximate surface area is 188 Å². The predicted octanol–water partition coefficient (Wildman–Crippen LogP) is 5.04. The number of nitrogens with zero attached hydrogens (tertiary/aromatic N) is 2. The largest absolute Gasteiger partial charge is 0.497 e. The summed E-state index contributed by atoms with van der Waals surface area (Å²) in [5, 5.41) is 0. The van der Waals surface area contributed by atoms with E-state index in [4.69, 9.17) is 9.72 Å². The van der Waals surface area contributed by atoms with Crippen LogP contribution in [-0.2, 0) is 29.4 Å². The zero-order valence-corrected chi connectivity index (χ0v) is 19.1. The highest BCUT2D eigenvalue weighted by Crippen LogP contribution is 2.21. The van der Waals surface area contributed by atoms with Gasteiger partial charge in [0.2, 0.25) is 0 Å². The van der Waals surface area contributed by atoms with Crippen LogP contribution in [0, 0.1) is 0 Å². The number of sulfonamides is 1. The fraction of sp³-hybridized carbons (Fsp3) is 0.240. The molecule has 6 nitrogen and oxygen atoms in total. The molecule has 3 aromatic carbocycles. The quantitative estimate of drug-likeness (QED) is 0.388. The van der Waals surface area contributed by atoms with Gasteiger partial charge in [0.05, 0.1) is 23.0 Å². The Morgan fingerprint density at radius 3 is 2.34 bits per heavy atom. The third-order valence-electron chi connectivity index (χ3n) is 5.39. The Bertz CT molecular complexity index is 1290. The van der Waals surface area contributed by atoms with Crippen molar-refractivity contribution in [1.29, 1.82) is 0 Å². The topological polar surface area (TPSA) is 73.2 Å². The van der Waals surface area contributed by atoms with Crippen molar-refractivity contribution in [3.63, 3.8) is 0 Å². The van der Waals surface area contributed by atoms with E-state index >= 15 is 0 Å². The number of imidazole rings is 1. The molecular formula is C25H27N3O3S. The fourth-order valence-corrected chi connectivity index (χ4v) is 4.81. The summed E-state index contributed by atoms with van der Waals surface area (Å²) in [5.74, 6) is 1.69. The van der Waals surface area contributed by atoms with Crippen LogP contribution in [0.1, 0.15) is 24.7 Å². The second-order valence-electron chi connectivity index (χ2n) is 7.65. The van der Waals surface area contributed by atoms with Gasteiger partial charge in [-0.3, -0.25) is 4.72 Å². The van der Waals surface area contributed by atoms with Crippen molar-refractivity contribution in [1.82, 2.24) is 9.55 Å². The zero-order chi connectivity index (χ0) is 22.6. The zero-order valence-electron chi connectivity index (χ0n) is 18.3. The predicted molar refractivity (Wildman–Crippen MR) is 128 cm³/mol. The van der Waals surface area contributed by atoms with E-state index < -0.39 is 10.0 Å². The highest BCUT2D eigenvalue weighted by atomic mass is 32.2. The van der Waals surface area contributed by atoms with Crippen molar-refractivity contribution in [3.05, 3.63) is 84.2 Å². The SMILES string of the molecule is CCCn1c(CCc2ccc(NS(=O)(=O)c3ccc(OC)cc3)cc2)nc2ccccc21. The van der Waals surface area contributed by atoms with Gasteiger partial charge in [-0.1, -0.05) is 31.2 Å². The maximum Gasteiger partial charge on any atom is 0.261 e. The minimum Gasteiger partial charge on any atom is -0.497 e. The summed E-state index contributed by atoms with van der Waals surface area (Å²) in [6.45, 7) is 3.12. The van der Waals surface area contributed by atoms with Crippen LogP contribution in [0.4, 0.5) is 5.69 Å². The van der Waals surface area contributed by atoms with Crippen LogP contribution in [0.2, 0.25) is 0 Å². The molecule has 0 bridgehead atoms. The van der Waals surface area contributed by atoms with Crippen molar-refractivity contribution in [2.45, 2.75) is 37.6 Å². The van der Waals surface area contributed by atoms with Crippen LogP contribution >= 0.6 is 0 Å². The molecule has 0 unspecified atom stereocenters. The lowest BCUT2D eigenvalue weighted by Gasteiger charge is -2.10. The minimum absolute atomic E-state index is 0.192. The molecule has 0 aliphatic rings. The maximum atomic E-state index is 12.6. The normalized spacial score (nSPS) is 11.6. The number of nitrogens with one attached hydrogen (secondary N) is 1. The first kappa shape index (κ1) is 21.9. The van der Waals surface area contributed by atoms with Crippen LogP contribution in [0.15, 0.2) is 77.7 Å². The van der Waals surface area contributed by atoms with Crippen molar-refractivity contribution in [2.75, 3.05) is 11.8 Å². The van der Waals surface area contributed by atoms with Crippen molar-refractivity contribution < 1.29 is 13.2 Å². The molecule has 0 amide bonds. The lowest BCUT2D eigenvalue weighted by molar-refractivity contribution is 0.414. The Morgan fingerprint density at radius 1 is 0.938 bits per heavy atom. The third kappa shape index (κ3) is 4.78. The number of aryl methyl sites for hydroxylation is 3. The molecule has 0 fully saturated rings. The van der Waals surface area contributed by atoms with Gasteiger partial charge in [-0.05, 0) is 66.9 Å². The lowest BCUT2D eigenvalue weighted by Crippen LogP contribution is -2.12. The van der Waals surface area contributed by atoms with Crippen molar-refractivity contribution in [3.8, 4) is 5.75 Å². The number of ether oxygens (including phenoxy) is 1. The van der Waals surface area contributed by atoms with Gasteiger partial charge < -0.3 is 9.30 Å². The van der Waals surface area contributed by atoms with Gasteiger partial charge in [0.1, 0.15) is 11.6 Å². The Morgan fingerprint density at radius 2 is 1.66 bits per heavy atom. The van der Waals surface area contributed by atoms with Crippen molar-refractivity contribution >= 4 is 26.7 Å². The molecule has 0 spiro atoms. The first-order valence-electron chi connectivity index (χ1n) is 10.7. The molecule has 7 heteroatoms. The van der Waals surface area contributed by atoms with Crippen LogP contribution in [-0.4, -0.2) is 25.1 Å². The molecule has 4 rings (SSSR count). The minimum atomic E-state index is -3.65. The lowest BCUT2D eigenvalue weighted by atomic mass is 10.1. The first-order chi connectivity index (χ1) is 15.5. The van der Waals surface area contributed by atoms with Crippen LogP contribution in [0.25, 0.3) is 11.0 Å². The molecule has 0 aliphatic heterocycles. The van der Waals surface area contributed by atoms with Crippen molar-refractivity contribution in [2.24, 2.45) is 0 Å². The van der Waals surface area contributed by atoms with E-state index in [0.29, 0.717) is 11.4 Å². The summed E-state index contributed by atoms with van der Waals surface area (Å²) in [5.41, 5.74) is 3.86. The van der Waals surface area contributed by atoms with Gasteiger partial charge in [-0.2, -0.15) is 0 Å². The van der Waals surface area contributed by atoms with E-state index in [1.54, 1.807) is 31.4 Å². The average Bonchev–Trinajstić information content (AvgIpc) is 3.16. The smallest absolute Gasteiger partial charge is 0.261 e. The summed E-state index contributed by atoms with van der Waals surface area (Å²) in [6.07, 6.45) is 2.71. The summed E-state index contributed by atoms with van der Waals surface area (Å²) < 4.78 is 35.3. The van der Waals surface area contributed by atoms with Gasteiger partial charge in [0.15, 0.2) is 0 Å². The molecule has 166 valence electrons. The summed E-state index contributed by atoms with van der Waals surface area (Å²) in [4.78, 5) is 5.01. The van der Waals surface area contributed by atoms with E-state index in [-0.39, 0.29) is 4.90 Å². The molecular weight excluding hydrogens is 422 g/mol. The van der Waals surface area contributed by atoms with Crippen LogP contribution in [0.5, 0.6) is 5.75 Å². The molecule has 0 aliphatic carbocycles. The molecule has 32 heavy (non-hydrogen) atoms. The Balaban J connectivity index is 1.44. The van der Waals surface area contributed by atoms with Gasteiger partial charge in [-0.15, -0.1) is 0 Å². The third-order valence-corrected chi connectivity index (χ3v) is 6.79. The number of hydrogen-bond acceptors (Lipinski definition) is 4. The number of anilines is 1. The standard InChI is InChI=1S/C25H27N3O3S/c1-3-18-28-24-7-5-4-6-23(24)26-25(28)17-10-19-8-11-20(12-9-19)27-32(29,30)22-15-13-21(31-2)14-16-22/h4-9,11-16,27H,3,10,17-18H2,1-2H3. The number of para-hydroxylation sites is 2. The molecule has 1 aromatic heterocycles. The molecule has 1 N–H and O–H groups in total. The van der Waals surface area contributed by atoms with Gasteiger partial charge in [0, 0.05) is 18.7 Å². The highest BCUT2D eigenvalue weighted by molar-refractivity contribution is 7.92. The molecule has 1 heterocycles. The Hall–Kier alpha value is -3.32. The summed E-state index contributed by atoms with van der Waals surface area (Å²) in [6, 6.07) is 22.0. The van der Waals surface area contributed by atoms with E-state index in [1.807, 2.05) is 24.3 Å². The van der Waals surface area contributed by atoms with Crippen LogP contribution in [0.3, 0.4) is 0 Å². The highest BCUT2D eigenvalue weighted by Gasteiger charge is 2.14. The van der Waals surface area contributed by atoms with Crippen LogP contribution < -0.4 is 9.46 Å². The second kappa shape index (κ2) is 9.44. The van der Waals surface area contributed by atoms with E-state index in [0.717, 1.165) is 42.7 Å². The summed E-state index contributed by atoms with van der Waals surface area (Å²) in [7, 11) is -2.11. The molecule has 0 radical (unpaired) electrons. The summed E-state index contributed by atoms with van der Waals surface area (Å²) >= 11 is 0. The number of fused-ring (bicyclic) bond motifs is 1. The number of benzene rings is 3. The van der Waals surface area contributed by atoms with Gasteiger partial charge in [-0.25, -0.2) is 13.4 Å². The average molecular weight is 450 g/mol. The van der Waals surface area contributed by atoms with Gasteiger partial charge >= 0.3 is 0 Å². The van der Waals surface area contributed by atoms with E-state index in [2.05, 4.69) is 28.3 Å². The van der Waals surface area contributed by atoms with E-state index in [9.17, 15) is 8.42 Å². The maximum absolute atomic E-state index is 12.6. The molecule has 0 atom stereocenters. The van der Waals surface area contributed by atoms with E-state index in [1.165, 1.54) is 17.6 Å². The first-order valence-corrected chi connectivity index (χ1v) is 12.2. The number of methoxy groups -OCH3 is 1. The second-order valence-corrected chi connectivity index (χ2v) is 9.33. The molecule has 4 aromatic rings. The van der Waals surface area contributed by atoms with Gasteiger partial charge in [0.25, 0.3) is 10.0 Å². The number of hydrogen-bond donors (Lipinski definition) is 1. The Kier molecular flexibility index (Phi) is 6.46. The number of rotatable bonds is 9. The fourth-order valence-electron chi connectivity index (χ4n) is 3.75.